The first-order valence-electron chi connectivity index (χ1n) is 7.85. The van der Waals surface area contributed by atoms with Crippen LogP contribution < -0.4 is 5.32 Å². The van der Waals surface area contributed by atoms with Crippen molar-refractivity contribution in [2.75, 3.05) is 7.11 Å². The molecular formula is C16H27NO5. The first kappa shape index (κ1) is 17.1. The normalized spacial score (nSPS) is 31.7. The number of hydrogen-bond acceptors (Lipinski definition) is 5. The second kappa shape index (κ2) is 6.07. The summed E-state index contributed by atoms with van der Waals surface area (Å²) in [7, 11) is 1.36. The molecule has 126 valence electrons. The van der Waals surface area contributed by atoms with Crippen molar-refractivity contribution in [2.24, 2.45) is 5.41 Å². The van der Waals surface area contributed by atoms with Crippen LogP contribution in [0.25, 0.3) is 0 Å². The van der Waals surface area contributed by atoms with Crippen molar-refractivity contribution in [1.29, 1.82) is 0 Å². The first-order valence-corrected chi connectivity index (χ1v) is 7.85. The van der Waals surface area contributed by atoms with Gasteiger partial charge in [-0.25, -0.2) is 9.59 Å². The fourth-order valence-corrected chi connectivity index (χ4v) is 3.41. The van der Waals surface area contributed by atoms with Gasteiger partial charge in [-0.05, 0) is 58.8 Å². The molecule has 2 aliphatic carbocycles. The highest BCUT2D eigenvalue weighted by Gasteiger charge is 2.54. The molecule has 0 aromatic rings. The number of carbonyl (C=O) groups excluding carboxylic acids is 2. The molecule has 0 aromatic heterocycles. The Kier molecular flexibility index (Phi) is 4.70. The number of hydrogen-bond donors (Lipinski definition) is 1. The fraction of sp³-hybridized carbons (Fsp3) is 0.875. The molecule has 1 amide bonds. The highest BCUT2D eigenvalue weighted by molar-refractivity contribution is 5.74. The lowest BCUT2D eigenvalue weighted by Crippen LogP contribution is -2.59. The number of nitrogens with one attached hydrogen (secondary N) is 1. The van der Waals surface area contributed by atoms with Crippen LogP contribution in [0.15, 0.2) is 0 Å². The molecule has 1 unspecified atom stereocenters. The molecular weight excluding hydrogens is 286 g/mol. The Bertz CT molecular complexity index is 428. The van der Waals surface area contributed by atoms with E-state index in [0.29, 0.717) is 0 Å². The largest absolute Gasteiger partial charge is 0.467 e. The van der Waals surface area contributed by atoms with Crippen LogP contribution in [0, 0.1) is 5.41 Å². The summed E-state index contributed by atoms with van der Waals surface area (Å²) in [6.45, 7) is 7.27. The summed E-state index contributed by atoms with van der Waals surface area (Å²) in [5.74, 6) is -0.334. The van der Waals surface area contributed by atoms with Crippen LogP contribution in [0.1, 0.15) is 53.4 Å². The molecule has 2 rings (SSSR count). The minimum absolute atomic E-state index is 0.122. The van der Waals surface area contributed by atoms with Crippen molar-refractivity contribution < 1.29 is 23.8 Å². The maximum atomic E-state index is 11.7. The Morgan fingerprint density at radius 1 is 1.18 bits per heavy atom. The zero-order chi connectivity index (χ0) is 16.5. The summed E-state index contributed by atoms with van der Waals surface area (Å²) >= 11 is 0. The molecule has 2 saturated carbocycles. The summed E-state index contributed by atoms with van der Waals surface area (Å²) in [6.07, 6.45) is 3.07. The van der Waals surface area contributed by atoms with Gasteiger partial charge in [0.1, 0.15) is 5.60 Å². The third-order valence-corrected chi connectivity index (χ3v) is 4.33. The van der Waals surface area contributed by atoms with E-state index in [1.807, 2.05) is 20.8 Å². The lowest BCUT2D eigenvalue weighted by Gasteiger charge is -2.57. The Balaban J connectivity index is 1.64. The zero-order valence-electron chi connectivity index (χ0n) is 14.1. The van der Waals surface area contributed by atoms with Crippen molar-refractivity contribution in [3.63, 3.8) is 0 Å². The van der Waals surface area contributed by atoms with Crippen LogP contribution in [0.3, 0.4) is 0 Å². The third-order valence-electron chi connectivity index (χ3n) is 4.33. The van der Waals surface area contributed by atoms with Crippen molar-refractivity contribution in [3.05, 3.63) is 0 Å². The quantitative estimate of drug-likeness (QED) is 0.807. The minimum atomic E-state index is -0.511. The van der Waals surface area contributed by atoms with E-state index in [4.69, 9.17) is 9.47 Å². The second-order valence-corrected chi connectivity index (χ2v) is 7.58. The zero-order valence-corrected chi connectivity index (χ0v) is 14.1. The standard InChI is InChI=1S/C16H27NO5/c1-10(13(18)20-5)21-12-8-16(9-12)6-11(7-16)17-14(19)22-15(2,3)4/h10-12H,6-9H2,1-5H3,(H,17,19). The van der Waals surface area contributed by atoms with Crippen LogP contribution in [-0.4, -0.2) is 43.0 Å². The molecule has 6 nitrogen and oxygen atoms in total. The molecule has 0 radical (unpaired) electrons. The molecule has 6 heteroatoms. The SMILES string of the molecule is COC(=O)C(C)OC1CC2(CC(NC(=O)OC(C)(C)C)C2)C1. The van der Waals surface area contributed by atoms with Crippen molar-refractivity contribution >= 4 is 12.1 Å². The van der Waals surface area contributed by atoms with Gasteiger partial charge in [0.05, 0.1) is 13.2 Å². The van der Waals surface area contributed by atoms with Gasteiger partial charge >= 0.3 is 12.1 Å². The summed E-state index contributed by atoms with van der Waals surface area (Å²) in [5, 5.41) is 2.90. The average molecular weight is 313 g/mol. The molecule has 2 fully saturated rings. The van der Waals surface area contributed by atoms with E-state index in [2.05, 4.69) is 10.1 Å². The lowest BCUT2D eigenvalue weighted by molar-refractivity contribution is -0.176. The maximum absolute atomic E-state index is 11.7. The van der Waals surface area contributed by atoms with Gasteiger partial charge in [0.2, 0.25) is 0 Å². The van der Waals surface area contributed by atoms with Gasteiger partial charge in [-0.15, -0.1) is 0 Å². The fourth-order valence-electron chi connectivity index (χ4n) is 3.41. The Morgan fingerprint density at radius 2 is 1.77 bits per heavy atom. The minimum Gasteiger partial charge on any atom is -0.467 e. The highest BCUT2D eigenvalue weighted by atomic mass is 16.6. The molecule has 22 heavy (non-hydrogen) atoms. The molecule has 1 N–H and O–H groups in total. The van der Waals surface area contributed by atoms with E-state index < -0.39 is 11.7 Å². The van der Waals surface area contributed by atoms with Gasteiger partial charge in [-0.3, -0.25) is 0 Å². The first-order chi connectivity index (χ1) is 10.1. The number of rotatable bonds is 4. The monoisotopic (exact) mass is 313 g/mol. The van der Waals surface area contributed by atoms with Crippen molar-refractivity contribution in [3.8, 4) is 0 Å². The van der Waals surface area contributed by atoms with Gasteiger partial charge in [-0.1, -0.05) is 0 Å². The highest BCUT2D eigenvalue weighted by Crippen LogP contribution is 2.57. The van der Waals surface area contributed by atoms with Crippen molar-refractivity contribution in [2.45, 2.75) is 77.2 Å². The molecule has 0 bridgehead atoms. The maximum Gasteiger partial charge on any atom is 0.407 e. The Labute approximate surface area is 131 Å². The molecule has 1 spiro atoms. The topological polar surface area (TPSA) is 73.9 Å². The van der Waals surface area contributed by atoms with Crippen LogP contribution in [-0.2, 0) is 19.0 Å². The molecule has 0 aromatic carbocycles. The summed E-state index contributed by atoms with van der Waals surface area (Å²) in [4.78, 5) is 23.0. The predicted octanol–water partition coefficient (Wildman–Crippen LogP) is 2.40. The Morgan fingerprint density at radius 3 is 2.27 bits per heavy atom. The number of methoxy groups -OCH3 is 1. The second-order valence-electron chi connectivity index (χ2n) is 7.58. The average Bonchev–Trinajstić information content (AvgIpc) is 2.29. The summed E-state index contributed by atoms with van der Waals surface area (Å²) < 4.78 is 15.6. The smallest absolute Gasteiger partial charge is 0.407 e. The molecule has 2 aliphatic rings. The number of alkyl carbamates (subject to hydrolysis) is 1. The summed E-state index contributed by atoms with van der Waals surface area (Å²) in [6, 6.07) is 0.189. The molecule has 0 saturated heterocycles. The van der Waals surface area contributed by atoms with E-state index in [1.54, 1.807) is 6.92 Å². The predicted molar refractivity (Wildman–Crippen MR) is 80.4 cm³/mol. The van der Waals surface area contributed by atoms with E-state index in [-0.39, 0.29) is 29.6 Å². The number of carbonyl (C=O) groups is 2. The van der Waals surface area contributed by atoms with Gasteiger partial charge in [0.15, 0.2) is 6.10 Å². The van der Waals surface area contributed by atoms with E-state index in [0.717, 1.165) is 25.7 Å². The van der Waals surface area contributed by atoms with Crippen LogP contribution in [0.2, 0.25) is 0 Å². The van der Waals surface area contributed by atoms with Crippen LogP contribution >= 0.6 is 0 Å². The summed E-state index contributed by atoms with van der Waals surface area (Å²) in [5.41, 5.74) is -0.189. The molecule has 0 heterocycles. The number of ether oxygens (including phenoxy) is 3. The van der Waals surface area contributed by atoms with Crippen LogP contribution in [0.5, 0.6) is 0 Å². The van der Waals surface area contributed by atoms with Gasteiger partial charge in [0.25, 0.3) is 0 Å². The Hall–Kier alpha value is -1.30. The van der Waals surface area contributed by atoms with E-state index >= 15 is 0 Å². The third kappa shape index (κ3) is 4.12. The lowest BCUT2D eigenvalue weighted by atomic mass is 9.53. The van der Waals surface area contributed by atoms with Crippen molar-refractivity contribution in [1.82, 2.24) is 5.32 Å². The van der Waals surface area contributed by atoms with Gasteiger partial charge in [-0.2, -0.15) is 0 Å². The molecule has 1 atom stereocenters. The van der Waals surface area contributed by atoms with E-state index in [1.165, 1.54) is 7.11 Å². The van der Waals surface area contributed by atoms with E-state index in [9.17, 15) is 9.59 Å². The number of esters is 1. The van der Waals surface area contributed by atoms with Crippen LogP contribution in [0.4, 0.5) is 4.79 Å². The molecule has 0 aliphatic heterocycles. The van der Waals surface area contributed by atoms with Gasteiger partial charge < -0.3 is 19.5 Å². The van der Waals surface area contributed by atoms with Gasteiger partial charge in [0, 0.05) is 6.04 Å². The number of amides is 1.